The molecule has 5 heteroatoms. The highest BCUT2D eigenvalue weighted by atomic mass is 32.2. The van der Waals surface area contributed by atoms with Gasteiger partial charge in [-0.05, 0) is 39.5 Å². The first kappa shape index (κ1) is 14.4. The van der Waals surface area contributed by atoms with Crippen LogP contribution in [0.5, 0.6) is 0 Å². The highest BCUT2D eigenvalue weighted by Gasteiger charge is 2.17. The Balaban J connectivity index is 1.84. The molecule has 0 radical (unpaired) electrons. The Labute approximate surface area is 119 Å². The van der Waals surface area contributed by atoms with Gasteiger partial charge in [-0.15, -0.1) is 10.2 Å². The molecule has 4 nitrogen and oxygen atoms in total. The SMILES string of the molecule is CC(C)(C#N)CCCSc1nnc2n1CCCCC2. The van der Waals surface area contributed by atoms with Crippen LogP contribution < -0.4 is 0 Å². The molecular formula is C14H22N4S. The van der Waals surface area contributed by atoms with Gasteiger partial charge in [-0.2, -0.15) is 5.26 Å². The molecule has 1 aromatic rings. The molecule has 104 valence electrons. The van der Waals surface area contributed by atoms with Crippen LogP contribution in [0.2, 0.25) is 0 Å². The van der Waals surface area contributed by atoms with Crippen molar-refractivity contribution in [2.75, 3.05) is 5.75 Å². The molecule has 19 heavy (non-hydrogen) atoms. The lowest BCUT2D eigenvalue weighted by Crippen LogP contribution is -2.08. The van der Waals surface area contributed by atoms with Gasteiger partial charge < -0.3 is 4.57 Å². The van der Waals surface area contributed by atoms with Crippen LogP contribution in [0.4, 0.5) is 0 Å². The maximum atomic E-state index is 8.98. The van der Waals surface area contributed by atoms with E-state index in [-0.39, 0.29) is 5.41 Å². The van der Waals surface area contributed by atoms with Gasteiger partial charge in [-0.1, -0.05) is 18.2 Å². The molecule has 0 spiro atoms. The number of thioether (sulfide) groups is 1. The monoisotopic (exact) mass is 278 g/mol. The predicted molar refractivity (Wildman–Crippen MR) is 76.9 cm³/mol. The van der Waals surface area contributed by atoms with Crippen molar-refractivity contribution in [3.63, 3.8) is 0 Å². The summed E-state index contributed by atoms with van der Waals surface area (Å²) in [7, 11) is 0. The van der Waals surface area contributed by atoms with E-state index in [1.54, 1.807) is 11.8 Å². The minimum Gasteiger partial charge on any atom is -0.306 e. The maximum Gasteiger partial charge on any atom is 0.191 e. The molecule has 1 aliphatic rings. The van der Waals surface area contributed by atoms with E-state index in [1.807, 2.05) is 13.8 Å². The van der Waals surface area contributed by atoms with Gasteiger partial charge in [-0.3, -0.25) is 0 Å². The van der Waals surface area contributed by atoms with Crippen molar-refractivity contribution < 1.29 is 0 Å². The van der Waals surface area contributed by atoms with Crippen LogP contribution in [-0.2, 0) is 13.0 Å². The number of nitrogens with zero attached hydrogens (tertiary/aromatic N) is 4. The van der Waals surface area contributed by atoms with Crippen molar-refractivity contribution in [3.8, 4) is 6.07 Å². The fourth-order valence-electron chi connectivity index (χ4n) is 2.30. The van der Waals surface area contributed by atoms with Gasteiger partial charge in [0, 0.05) is 18.7 Å². The first-order valence-corrected chi connectivity index (χ1v) is 8.07. The lowest BCUT2D eigenvalue weighted by atomic mass is 9.90. The summed E-state index contributed by atoms with van der Waals surface area (Å²) in [5.74, 6) is 2.17. The molecule has 0 unspecified atom stereocenters. The minimum atomic E-state index is -0.206. The predicted octanol–water partition coefficient (Wildman–Crippen LogP) is 3.43. The highest BCUT2D eigenvalue weighted by molar-refractivity contribution is 7.99. The fourth-order valence-corrected chi connectivity index (χ4v) is 3.22. The molecule has 0 saturated carbocycles. The Kier molecular flexibility index (Phi) is 4.87. The Bertz CT molecular complexity index is 459. The smallest absolute Gasteiger partial charge is 0.191 e. The Morgan fingerprint density at radius 2 is 2.16 bits per heavy atom. The van der Waals surface area contributed by atoms with E-state index in [4.69, 9.17) is 5.26 Å². The summed E-state index contributed by atoms with van der Waals surface area (Å²) >= 11 is 1.78. The molecular weight excluding hydrogens is 256 g/mol. The van der Waals surface area contributed by atoms with Gasteiger partial charge >= 0.3 is 0 Å². The molecule has 0 aromatic carbocycles. The first-order chi connectivity index (χ1) is 9.12. The minimum absolute atomic E-state index is 0.206. The van der Waals surface area contributed by atoms with Crippen LogP contribution in [0.15, 0.2) is 5.16 Å². The van der Waals surface area contributed by atoms with Crippen LogP contribution in [0.3, 0.4) is 0 Å². The average Bonchev–Trinajstić information content (AvgIpc) is 2.62. The third-order valence-corrected chi connectivity index (χ3v) is 4.61. The number of aryl methyl sites for hydroxylation is 1. The quantitative estimate of drug-likeness (QED) is 0.611. The number of aromatic nitrogens is 3. The Morgan fingerprint density at radius 1 is 1.32 bits per heavy atom. The zero-order valence-electron chi connectivity index (χ0n) is 11.9. The Morgan fingerprint density at radius 3 is 2.95 bits per heavy atom. The molecule has 0 N–H and O–H groups in total. The van der Waals surface area contributed by atoms with Gasteiger partial charge in [-0.25, -0.2) is 0 Å². The van der Waals surface area contributed by atoms with Crippen molar-refractivity contribution in [2.24, 2.45) is 5.41 Å². The average molecular weight is 278 g/mol. The second-order valence-electron chi connectivity index (χ2n) is 5.81. The summed E-state index contributed by atoms with van der Waals surface area (Å²) in [6.45, 7) is 5.07. The van der Waals surface area contributed by atoms with Crippen molar-refractivity contribution in [1.82, 2.24) is 14.8 Å². The molecule has 1 aromatic heterocycles. The number of hydrogen-bond donors (Lipinski definition) is 0. The number of hydrogen-bond acceptors (Lipinski definition) is 4. The van der Waals surface area contributed by atoms with Crippen LogP contribution in [0.1, 0.15) is 51.8 Å². The van der Waals surface area contributed by atoms with E-state index in [0.29, 0.717) is 0 Å². The Hall–Kier alpha value is -1.02. The summed E-state index contributed by atoms with van der Waals surface area (Å²) < 4.78 is 2.28. The van der Waals surface area contributed by atoms with Crippen molar-refractivity contribution in [2.45, 2.75) is 64.1 Å². The molecule has 0 atom stereocenters. The molecule has 0 fully saturated rings. The molecule has 2 heterocycles. The van der Waals surface area contributed by atoms with Crippen molar-refractivity contribution in [1.29, 1.82) is 5.26 Å². The van der Waals surface area contributed by atoms with Crippen LogP contribution in [0, 0.1) is 16.7 Å². The van der Waals surface area contributed by atoms with Gasteiger partial charge in [0.15, 0.2) is 5.16 Å². The molecule has 2 rings (SSSR count). The number of rotatable bonds is 5. The maximum absolute atomic E-state index is 8.98. The third-order valence-electron chi connectivity index (χ3n) is 3.56. The van der Waals surface area contributed by atoms with Crippen LogP contribution >= 0.6 is 11.8 Å². The van der Waals surface area contributed by atoms with E-state index in [9.17, 15) is 0 Å². The van der Waals surface area contributed by atoms with Gasteiger partial charge in [0.2, 0.25) is 0 Å². The van der Waals surface area contributed by atoms with Crippen LogP contribution in [0.25, 0.3) is 0 Å². The van der Waals surface area contributed by atoms with Gasteiger partial charge in [0.25, 0.3) is 0 Å². The molecule has 0 saturated heterocycles. The van der Waals surface area contributed by atoms with E-state index in [0.717, 1.165) is 42.5 Å². The van der Waals surface area contributed by atoms with Crippen LogP contribution in [-0.4, -0.2) is 20.5 Å². The summed E-state index contributed by atoms with van der Waals surface area (Å²) in [5.41, 5.74) is -0.206. The molecule has 1 aliphatic heterocycles. The van der Waals surface area contributed by atoms with Gasteiger partial charge in [0.1, 0.15) is 5.82 Å². The van der Waals surface area contributed by atoms with Crippen molar-refractivity contribution in [3.05, 3.63) is 5.82 Å². The first-order valence-electron chi connectivity index (χ1n) is 7.08. The number of fused-ring (bicyclic) bond motifs is 1. The number of nitriles is 1. The largest absolute Gasteiger partial charge is 0.306 e. The zero-order valence-corrected chi connectivity index (χ0v) is 12.7. The lowest BCUT2D eigenvalue weighted by molar-refractivity contribution is 0.447. The second-order valence-corrected chi connectivity index (χ2v) is 6.87. The zero-order chi connectivity index (χ0) is 13.7. The summed E-state index contributed by atoms with van der Waals surface area (Å²) in [6.07, 6.45) is 6.82. The third kappa shape index (κ3) is 3.97. The van der Waals surface area contributed by atoms with E-state index >= 15 is 0 Å². The standard InChI is InChI=1S/C14H22N4S/c1-14(2,11-15)8-6-10-19-13-17-16-12-7-4-3-5-9-18(12)13/h3-10H2,1-2H3. The fraction of sp³-hybridized carbons (Fsp3) is 0.786. The second kappa shape index (κ2) is 6.42. The van der Waals surface area contributed by atoms with E-state index < -0.39 is 0 Å². The summed E-state index contributed by atoms with van der Waals surface area (Å²) in [4.78, 5) is 0. The normalized spacial score (nSPS) is 15.6. The highest BCUT2D eigenvalue weighted by Crippen LogP contribution is 2.26. The topological polar surface area (TPSA) is 54.5 Å². The molecule has 0 amide bonds. The van der Waals surface area contributed by atoms with Gasteiger partial charge in [0.05, 0.1) is 11.5 Å². The van der Waals surface area contributed by atoms with E-state index in [2.05, 4.69) is 20.8 Å². The lowest BCUT2D eigenvalue weighted by Gasteiger charge is -2.14. The van der Waals surface area contributed by atoms with Crippen molar-refractivity contribution >= 4 is 11.8 Å². The summed E-state index contributed by atoms with van der Waals surface area (Å²) in [5, 5.41) is 18.6. The molecule has 0 bridgehead atoms. The van der Waals surface area contributed by atoms with E-state index in [1.165, 1.54) is 19.3 Å². The molecule has 0 aliphatic carbocycles. The summed E-state index contributed by atoms with van der Waals surface area (Å²) in [6, 6.07) is 2.35.